The van der Waals surface area contributed by atoms with Crippen LogP contribution in [0.5, 0.6) is 0 Å². The van der Waals surface area contributed by atoms with Gasteiger partial charge in [-0.25, -0.2) is 4.98 Å². The van der Waals surface area contributed by atoms with E-state index in [4.69, 9.17) is 0 Å². The van der Waals surface area contributed by atoms with Gasteiger partial charge in [0.15, 0.2) is 12.4 Å². The highest BCUT2D eigenvalue weighted by Gasteiger charge is 2.36. The van der Waals surface area contributed by atoms with Crippen LogP contribution in [-0.2, 0) is 0 Å². The second kappa shape index (κ2) is 6.27. The van der Waals surface area contributed by atoms with Gasteiger partial charge in [0.25, 0.3) is 0 Å². The molecule has 2 bridgehead atoms. The van der Waals surface area contributed by atoms with Crippen molar-refractivity contribution in [2.45, 2.75) is 20.3 Å². The van der Waals surface area contributed by atoms with E-state index in [1.165, 1.54) is 34.4 Å². The third kappa shape index (κ3) is 2.47. The first-order chi connectivity index (χ1) is 11.8. The molecule has 1 heterocycles. The van der Waals surface area contributed by atoms with Gasteiger partial charge in [-0.15, -0.1) is 0 Å². The van der Waals surface area contributed by atoms with Crippen molar-refractivity contribution >= 4 is 16.8 Å². The lowest BCUT2D eigenvalue weighted by molar-refractivity contribution is -0.378. The predicted molar refractivity (Wildman–Crippen MR) is 101 cm³/mol. The van der Waals surface area contributed by atoms with Crippen molar-refractivity contribution in [3.8, 4) is 0 Å². The Balaban J connectivity index is 1.75. The Bertz CT molecular complexity index is 767. The minimum atomic E-state index is 0.577. The Labute approximate surface area is 144 Å². The maximum atomic E-state index is 3.14. The lowest BCUT2D eigenvalue weighted by Crippen LogP contribution is -2.21. The van der Waals surface area contributed by atoms with Crippen molar-refractivity contribution in [3.63, 3.8) is 0 Å². The van der Waals surface area contributed by atoms with Gasteiger partial charge in [0.2, 0.25) is 0 Å². The summed E-state index contributed by atoms with van der Waals surface area (Å²) in [6, 6.07) is 13.6. The Morgan fingerprint density at radius 3 is 1.92 bits per heavy atom. The molecule has 0 amide bonds. The number of anilines is 1. The van der Waals surface area contributed by atoms with Crippen LogP contribution in [0.25, 0.3) is 11.1 Å². The molecule has 1 aromatic heterocycles. The standard InChI is InChI=1S/C22H24N2/c1-3-24(4-2)20-9-7-16(8-10-20)21-18-5-6-19(15-18)22(21)17-11-13-23-14-12-17/h5-14,18-19H,3-4,15H2,1-2H3/p+1. The summed E-state index contributed by atoms with van der Waals surface area (Å²) < 4.78 is 0. The Morgan fingerprint density at radius 1 is 0.833 bits per heavy atom. The van der Waals surface area contributed by atoms with Crippen molar-refractivity contribution in [3.05, 3.63) is 72.1 Å². The van der Waals surface area contributed by atoms with Crippen molar-refractivity contribution < 1.29 is 4.98 Å². The highest BCUT2D eigenvalue weighted by molar-refractivity contribution is 5.97. The number of hydrogen-bond donors (Lipinski definition) is 0. The molecule has 24 heavy (non-hydrogen) atoms. The quantitative estimate of drug-likeness (QED) is 0.744. The van der Waals surface area contributed by atoms with Crippen LogP contribution >= 0.6 is 0 Å². The Hall–Kier alpha value is -2.35. The monoisotopic (exact) mass is 317 g/mol. The molecule has 0 spiro atoms. The summed E-state index contributed by atoms with van der Waals surface area (Å²) in [6.07, 6.45) is 10.1. The summed E-state index contributed by atoms with van der Waals surface area (Å²) in [5, 5.41) is 0. The first-order valence-electron chi connectivity index (χ1n) is 9.06. The number of nitrogens with one attached hydrogen (secondary N) is 1. The van der Waals surface area contributed by atoms with Gasteiger partial charge >= 0.3 is 0 Å². The van der Waals surface area contributed by atoms with Crippen molar-refractivity contribution in [1.82, 2.24) is 0 Å². The molecule has 2 nitrogen and oxygen atoms in total. The molecule has 2 aliphatic carbocycles. The molecule has 4 rings (SSSR count). The average molecular weight is 317 g/mol. The van der Waals surface area contributed by atoms with Crippen LogP contribution in [0.3, 0.4) is 0 Å². The minimum absolute atomic E-state index is 0.577. The number of rotatable bonds is 5. The first kappa shape index (κ1) is 15.2. The van der Waals surface area contributed by atoms with E-state index in [0.29, 0.717) is 11.8 Å². The number of hydrogen-bond acceptors (Lipinski definition) is 1. The zero-order valence-corrected chi connectivity index (χ0v) is 14.5. The molecule has 0 aliphatic heterocycles. The molecule has 2 aliphatic rings. The van der Waals surface area contributed by atoms with Crippen molar-refractivity contribution in [2.24, 2.45) is 11.8 Å². The third-order valence-electron chi connectivity index (χ3n) is 5.45. The molecular formula is C22H25N2+. The van der Waals surface area contributed by atoms with Crippen LogP contribution in [0.4, 0.5) is 5.69 Å². The molecule has 2 unspecified atom stereocenters. The second-order valence-electron chi connectivity index (χ2n) is 6.67. The molecular weight excluding hydrogens is 292 g/mol. The Kier molecular flexibility index (Phi) is 3.97. The summed E-state index contributed by atoms with van der Waals surface area (Å²) in [6.45, 7) is 6.53. The number of fused-ring (bicyclic) bond motifs is 2. The number of benzene rings is 1. The van der Waals surface area contributed by atoms with E-state index in [1.54, 1.807) is 0 Å². The van der Waals surface area contributed by atoms with Gasteiger partial charge in [-0.05, 0) is 54.7 Å². The maximum Gasteiger partial charge on any atom is 0.167 e. The normalized spacial score (nSPS) is 21.6. The molecule has 2 atom stereocenters. The van der Waals surface area contributed by atoms with Gasteiger partial charge < -0.3 is 4.90 Å². The van der Waals surface area contributed by atoms with Crippen LogP contribution < -0.4 is 9.88 Å². The molecule has 0 saturated heterocycles. The lowest BCUT2D eigenvalue weighted by Gasteiger charge is -2.22. The molecule has 0 fully saturated rings. The topological polar surface area (TPSA) is 17.4 Å². The summed E-state index contributed by atoms with van der Waals surface area (Å²) in [5.74, 6) is 1.16. The zero-order chi connectivity index (χ0) is 16.5. The van der Waals surface area contributed by atoms with Crippen LogP contribution in [-0.4, -0.2) is 13.1 Å². The van der Waals surface area contributed by atoms with E-state index in [2.05, 4.69) is 72.3 Å². The van der Waals surface area contributed by atoms with E-state index in [-0.39, 0.29) is 0 Å². The molecule has 0 radical (unpaired) electrons. The fraction of sp³-hybridized carbons (Fsp3) is 0.318. The minimum Gasteiger partial charge on any atom is -0.372 e. The second-order valence-corrected chi connectivity index (χ2v) is 6.67. The molecule has 0 saturated carbocycles. The van der Waals surface area contributed by atoms with Crippen molar-refractivity contribution in [1.29, 1.82) is 0 Å². The highest BCUT2D eigenvalue weighted by Crippen LogP contribution is 2.52. The average Bonchev–Trinajstić information content (AvgIpc) is 3.25. The van der Waals surface area contributed by atoms with Gasteiger partial charge in [-0.1, -0.05) is 24.3 Å². The third-order valence-corrected chi connectivity index (χ3v) is 5.45. The zero-order valence-electron chi connectivity index (χ0n) is 14.5. The number of pyridine rings is 1. The highest BCUT2D eigenvalue weighted by atomic mass is 15.1. The van der Waals surface area contributed by atoms with Crippen LogP contribution in [0.2, 0.25) is 0 Å². The number of allylic oxidation sites excluding steroid dienone is 4. The lowest BCUT2D eigenvalue weighted by atomic mass is 9.87. The smallest absolute Gasteiger partial charge is 0.167 e. The van der Waals surface area contributed by atoms with Gasteiger partial charge in [0, 0.05) is 42.7 Å². The van der Waals surface area contributed by atoms with E-state index in [0.717, 1.165) is 13.1 Å². The van der Waals surface area contributed by atoms with Gasteiger partial charge in [-0.2, -0.15) is 0 Å². The number of aromatic nitrogens is 1. The SMILES string of the molecule is CCN(CC)c1ccc(C2=C(c3cc[nH+]cc3)C3C=CC2C3)cc1. The number of H-pyrrole nitrogens is 1. The summed E-state index contributed by atoms with van der Waals surface area (Å²) in [4.78, 5) is 5.54. The van der Waals surface area contributed by atoms with Crippen LogP contribution in [0.15, 0.2) is 60.9 Å². The van der Waals surface area contributed by atoms with Gasteiger partial charge in [0.05, 0.1) is 0 Å². The maximum absolute atomic E-state index is 3.14. The number of nitrogens with zero attached hydrogens (tertiary/aromatic N) is 1. The molecule has 2 heteroatoms. The fourth-order valence-electron chi connectivity index (χ4n) is 4.27. The summed E-state index contributed by atoms with van der Waals surface area (Å²) in [5.41, 5.74) is 7.10. The van der Waals surface area contributed by atoms with Gasteiger partial charge in [0.1, 0.15) is 0 Å². The predicted octanol–water partition coefficient (Wildman–Crippen LogP) is 4.46. The van der Waals surface area contributed by atoms with Gasteiger partial charge in [-0.3, -0.25) is 0 Å². The first-order valence-corrected chi connectivity index (χ1v) is 9.06. The van der Waals surface area contributed by atoms with E-state index < -0.39 is 0 Å². The fourth-order valence-corrected chi connectivity index (χ4v) is 4.27. The summed E-state index contributed by atoms with van der Waals surface area (Å²) in [7, 11) is 0. The van der Waals surface area contributed by atoms with E-state index in [9.17, 15) is 0 Å². The van der Waals surface area contributed by atoms with Crippen molar-refractivity contribution in [2.75, 3.05) is 18.0 Å². The van der Waals surface area contributed by atoms with E-state index >= 15 is 0 Å². The molecule has 1 aromatic carbocycles. The molecule has 1 N–H and O–H groups in total. The number of aromatic amines is 1. The molecule has 122 valence electrons. The summed E-state index contributed by atoms with van der Waals surface area (Å²) >= 11 is 0. The van der Waals surface area contributed by atoms with E-state index in [1.807, 2.05) is 12.4 Å². The Morgan fingerprint density at radius 2 is 1.38 bits per heavy atom. The largest absolute Gasteiger partial charge is 0.372 e. The van der Waals surface area contributed by atoms with Crippen LogP contribution in [0.1, 0.15) is 31.4 Å². The molecule has 2 aromatic rings. The van der Waals surface area contributed by atoms with Crippen LogP contribution in [0, 0.1) is 11.8 Å².